The Morgan fingerprint density at radius 1 is 1.27 bits per heavy atom. The minimum atomic E-state index is -0.170. The second kappa shape index (κ2) is 13.4. The van der Waals surface area contributed by atoms with Gasteiger partial charge in [-0.05, 0) is 32.1 Å². The van der Waals surface area contributed by atoms with Crippen LogP contribution in [0.5, 0.6) is 0 Å². The quantitative estimate of drug-likeness (QED) is 0.229. The summed E-state index contributed by atoms with van der Waals surface area (Å²) < 4.78 is 5.58. The first-order valence-corrected chi connectivity index (χ1v) is 8.41. The number of ether oxygens (including phenoxy) is 1. The molecule has 0 heterocycles. The largest absolute Gasteiger partial charge is 0.393 e. The number of aliphatic hydroxyl groups excluding tert-OH is 1. The standard InChI is InChI=1S/C16H33N3O2.HI/c1-4-17-16(18-9-11-21-10-8-13(2)3)19-12-14-6-5-7-15(14)20;/h13-15,20H,4-12H2,1-3H3,(H2,17,18,19);1H. The number of guanidine groups is 1. The molecule has 1 saturated carbocycles. The molecule has 0 spiro atoms. The van der Waals surface area contributed by atoms with Gasteiger partial charge in [-0.15, -0.1) is 24.0 Å². The zero-order chi connectivity index (χ0) is 15.5. The summed E-state index contributed by atoms with van der Waals surface area (Å²) in [5.41, 5.74) is 0. The molecule has 1 aliphatic carbocycles. The minimum Gasteiger partial charge on any atom is -0.393 e. The van der Waals surface area contributed by atoms with Crippen molar-refractivity contribution >= 4 is 29.9 Å². The van der Waals surface area contributed by atoms with Gasteiger partial charge in [-0.2, -0.15) is 0 Å². The lowest BCUT2D eigenvalue weighted by Gasteiger charge is -2.15. The second-order valence-corrected chi connectivity index (χ2v) is 6.20. The van der Waals surface area contributed by atoms with Gasteiger partial charge in [0.15, 0.2) is 5.96 Å². The number of hydrogen-bond acceptors (Lipinski definition) is 3. The monoisotopic (exact) mass is 427 g/mol. The summed E-state index contributed by atoms with van der Waals surface area (Å²) >= 11 is 0. The molecule has 0 amide bonds. The summed E-state index contributed by atoms with van der Waals surface area (Å²) in [5.74, 6) is 1.83. The van der Waals surface area contributed by atoms with E-state index in [1.807, 2.05) is 0 Å². The van der Waals surface area contributed by atoms with Crippen LogP contribution in [0.25, 0.3) is 0 Å². The predicted molar refractivity (Wildman–Crippen MR) is 103 cm³/mol. The summed E-state index contributed by atoms with van der Waals surface area (Å²) in [7, 11) is 0. The van der Waals surface area contributed by atoms with Gasteiger partial charge in [0.25, 0.3) is 0 Å². The van der Waals surface area contributed by atoms with Crippen LogP contribution in [0.4, 0.5) is 0 Å². The zero-order valence-electron chi connectivity index (χ0n) is 14.3. The van der Waals surface area contributed by atoms with E-state index in [4.69, 9.17) is 4.74 Å². The first kappa shape index (κ1) is 21.9. The summed E-state index contributed by atoms with van der Waals surface area (Å²) in [5, 5.41) is 16.3. The number of aliphatic hydroxyl groups is 1. The highest BCUT2D eigenvalue weighted by atomic mass is 127. The Balaban J connectivity index is 0.00000441. The van der Waals surface area contributed by atoms with Gasteiger partial charge in [0.1, 0.15) is 0 Å². The molecule has 0 aromatic rings. The first-order valence-electron chi connectivity index (χ1n) is 8.41. The van der Waals surface area contributed by atoms with Crippen LogP contribution in [-0.2, 0) is 4.74 Å². The predicted octanol–water partition coefficient (Wildman–Crippen LogP) is 2.38. The molecule has 2 unspecified atom stereocenters. The summed E-state index contributed by atoms with van der Waals surface area (Å²) in [4.78, 5) is 4.57. The molecule has 0 aliphatic heterocycles. The van der Waals surface area contributed by atoms with Gasteiger partial charge in [0.05, 0.1) is 12.7 Å². The molecular formula is C16H34IN3O2. The molecule has 1 rings (SSSR count). The number of halogens is 1. The molecule has 132 valence electrons. The third-order valence-electron chi connectivity index (χ3n) is 3.83. The minimum absolute atomic E-state index is 0. The Labute approximate surface area is 152 Å². The summed E-state index contributed by atoms with van der Waals surface area (Å²) in [6, 6.07) is 0. The van der Waals surface area contributed by atoms with Crippen molar-refractivity contribution in [2.45, 2.75) is 52.6 Å². The molecule has 22 heavy (non-hydrogen) atoms. The topological polar surface area (TPSA) is 65.9 Å². The molecule has 6 heteroatoms. The lowest BCUT2D eigenvalue weighted by atomic mass is 10.1. The number of hydrogen-bond donors (Lipinski definition) is 3. The van der Waals surface area contributed by atoms with E-state index >= 15 is 0 Å². The SMILES string of the molecule is CCNC(=NCC1CCCC1O)NCCOCCC(C)C.I. The fourth-order valence-electron chi connectivity index (χ4n) is 2.44. The van der Waals surface area contributed by atoms with Crippen molar-refractivity contribution in [3.63, 3.8) is 0 Å². The van der Waals surface area contributed by atoms with E-state index in [-0.39, 0.29) is 30.1 Å². The van der Waals surface area contributed by atoms with Crippen LogP contribution in [-0.4, -0.2) is 50.0 Å². The average molecular weight is 427 g/mol. The highest BCUT2D eigenvalue weighted by Gasteiger charge is 2.24. The maximum absolute atomic E-state index is 9.82. The van der Waals surface area contributed by atoms with Crippen molar-refractivity contribution in [2.75, 3.05) is 32.8 Å². The maximum atomic E-state index is 9.82. The normalized spacial score (nSPS) is 21.8. The van der Waals surface area contributed by atoms with Crippen LogP contribution in [0.2, 0.25) is 0 Å². The van der Waals surface area contributed by atoms with Crippen molar-refractivity contribution in [3.05, 3.63) is 0 Å². The van der Waals surface area contributed by atoms with Crippen molar-refractivity contribution in [3.8, 4) is 0 Å². The third kappa shape index (κ3) is 9.84. The van der Waals surface area contributed by atoms with E-state index in [2.05, 4.69) is 36.4 Å². The second-order valence-electron chi connectivity index (χ2n) is 6.20. The smallest absolute Gasteiger partial charge is 0.191 e. The Morgan fingerprint density at radius 3 is 2.64 bits per heavy atom. The van der Waals surface area contributed by atoms with E-state index in [1.165, 1.54) is 0 Å². The number of nitrogens with zero attached hydrogens (tertiary/aromatic N) is 1. The van der Waals surface area contributed by atoms with Gasteiger partial charge in [-0.1, -0.05) is 20.3 Å². The Bertz CT molecular complexity index is 301. The van der Waals surface area contributed by atoms with Crippen LogP contribution >= 0.6 is 24.0 Å². The van der Waals surface area contributed by atoms with Gasteiger partial charge in [-0.25, -0.2) is 0 Å². The van der Waals surface area contributed by atoms with Crippen LogP contribution in [0.1, 0.15) is 46.5 Å². The van der Waals surface area contributed by atoms with E-state index in [0.29, 0.717) is 25.0 Å². The Hall–Kier alpha value is -0.0800. The van der Waals surface area contributed by atoms with Crippen molar-refractivity contribution in [1.82, 2.24) is 10.6 Å². The molecule has 0 bridgehead atoms. The van der Waals surface area contributed by atoms with E-state index in [1.54, 1.807) is 0 Å². The Morgan fingerprint density at radius 2 is 2.05 bits per heavy atom. The molecule has 1 fully saturated rings. The van der Waals surface area contributed by atoms with E-state index in [9.17, 15) is 5.11 Å². The molecular weight excluding hydrogens is 393 g/mol. The van der Waals surface area contributed by atoms with Gasteiger partial charge < -0.3 is 20.5 Å². The van der Waals surface area contributed by atoms with Gasteiger partial charge in [0.2, 0.25) is 0 Å². The van der Waals surface area contributed by atoms with Crippen LogP contribution in [0.15, 0.2) is 4.99 Å². The summed E-state index contributed by atoms with van der Waals surface area (Å²) in [6.07, 6.45) is 4.06. The number of rotatable bonds is 9. The zero-order valence-corrected chi connectivity index (χ0v) is 16.6. The van der Waals surface area contributed by atoms with Crippen LogP contribution in [0.3, 0.4) is 0 Å². The van der Waals surface area contributed by atoms with Gasteiger partial charge in [0, 0.05) is 32.2 Å². The van der Waals surface area contributed by atoms with Crippen molar-refractivity contribution in [1.29, 1.82) is 0 Å². The average Bonchev–Trinajstić information content (AvgIpc) is 2.85. The lowest BCUT2D eigenvalue weighted by Crippen LogP contribution is -2.39. The van der Waals surface area contributed by atoms with Gasteiger partial charge >= 0.3 is 0 Å². The third-order valence-corrected chi connectivity index (χ3v) is 3.83. The van der Waals surface area contributed by atoms with E-state index < -0.39 is 0 Å². The van der Waals surface area contributed by atoms with Crippen molar-refractivity contribution in [2.24, 2.45) is 16.8 Å². The maximum Gasteiger partial charge on any atom is 0.191 e. The van der Waals surface area contributed by atoms with Crippen LogP contribution in [0, 0.1) is 11.8 Å². The molecule has 2 atom stereocenters. The summed E-state index contributed by atoms with van der Waals surface area (Å²) in [6.45, 7) is 10.3. The fourth-order valence-corrected chi connectivity index (χ4v) is 2.44. The molecule has 3 N–H and O–H groups in total. The number of nitrogens with one attached hydrogen (secondary N) is 2. The van der Waals surface area contributed by atoms with Crippen LogP contribution < -0.4 is 10.6 Å². The molecule has 0 radical (unpaired) electrons. The number of aliphatic imine (C=N–C) groups is 1. The lowest BCUT2D eigenvalue weighted by molar-refractivity contribution is 0.127. The Kier molecular flexibility index (Phi) is 13.3. The highest BCUT2D eigenvalue weighted by molar-refractivity contribution is 14.0. The molecule has 0 aromatic carbocycles. The molecule has 5 nitrogen and oxygen atoms in total. The first-order chi connectivity index (χ1) is 10.1. The fraction of sp³-hybridized carbons (Fsp3) is 0.938. The molecule has 0 saturated heterocycles. The molecule has 1 aliphatic rings. The molecule has 0 aromatic heterocycles. The van der Waals surface area contributed by atoms with E-state index in [0.717, 1.165) is 51.3 Å². The highest BCUT2D eigenvalue weighted by Crippen LogP contribution is 2.25. The van der Waals surface area contributed by atoms with Gasteiger partial charge in [-0.3, -0.25) is 4.99 Å². The van der Waals surface area contributed by atoms with Crippen molar-refractivity contribution < 1.29 is 9.84 Å².